The summed E-state index contributed by atoms with van der Waals surface area (Å²) in [5, 5.41) is 19.2. The van der Waals surface area contributed by atoms with Crippen molar-refractivity contribution < 1.29 is 27.5 Å². The summed E-state index contributed by atoms with van der Waals surface area (Å²) in [4.78, 5) is 19.8. The Morgan fingerprint density at radius 2 is 1.89 bits per heavy atom. The molecule has 4 rings (SSSR count). The van der Waals surface area contributed by atoms with Crippen molar-refractivity contribution in [3.63, 3.8) is 0 Å². The summed E-state index contributed by atoms with van der Waals surface area (Å²) in [7, 11) is 0. The van der Waals surface area contributed by atoms with Gasteiger partial charge in [-0.3, -0.25) is 9.79 Å². The van der Waals surface area contributed by atoms with Gasteiger partial charge in [-0.15, -0.1) is 0 Å². The highest BCUT2D eigenvalue weighted by Gasteiger charge is 2.40. The highest BCUT2D eigenvalue weighted by molar-refractivity contribution is 6.25. The fourth-order valence-electron chi connectivity index (χ4n) is 4.48. The van der Waals surface area contributed by atoms with Gasteiger partial charge in [-0.25, -0.2) is 22.6 Å². The number of nitrogens with zero attached hydrogens (tertiary/aromatic N) is 4. The highest BCUT2D eigenvalue weighted by atomic mass is 19.3. The number of halogens is 4. The molecule has 2 N–H and O–H groups in total. The van der Waals surface area contributed by atoms with Gasteiger partial charge in [-0.05, 0) is 39.7 Å². The summed E-state index contributed by atoms with van der Waals surface area (Å²) in [6.07, 6.45) is -0.951. The molecule has 0 radical (unpaired) electrons. The van der Waals surface area contributed by atoms with Gasteiger partial charge in [-0.1, -0.05) is 18.2 Å². The molecule has 1 saturated heterocycles. The Hall–Kier alpha value is -2.95. The number of carbonyl (C=O) groups is 1. The van der Waals surface area contributed by atoms with Crippen LogP contribution in [0.25, 0.3) is 0 Å². The molecule has 3 heterocycles. The summed E-state index contributed by atoms with van der Waals surface area (Å²) in [5.41, 5.74) is -2.42. The Morgan fingerprint density at radius 3 is 2.51 bits per heavy atom. The molecular formula is C24H29F4N5O2. The SMILES string of the molecule is C[C@@H](NC(=O)C1=CC(N2CCC(O)(CF)CC2)=NN2CC(C)(C)N=C12)c1cccc(C(F)F)c1F. The third kappa shape index (κ3) is 5.05. The minimum atomic E-state index is -2.97. The van der Waals surface area contributed by atoms with Crippen LogP contribution in [0.2, 0.25) is 0 Å². The molecule has 0 bridgehead atoms. The van der Waals surface area contributed by atoms with Gasteiger partial charge in [0.25, 0.3) is 12.3 Å². The molecule has 1 amide bonds. The van der Waals surface area contributed by atoms with E-state index in [4.69, 9.17) is 0 Å². The van der Waals surface area contributed by atoms with E-state index in [1.807, 2.05) is 18.7 Å². The van der Waals surface area contributed by atoms with Crippen LogP contribution in [-0.2, 0) is 4.79 Å². The number of alkyl halides is 3. The van der Waals surface area contributed by atoms with Crippen molar-refractivity contribution in [2.45, 2.75) is 57.2 Å². The number of benzene rings is 1. The predicted molar refractivity (Wildman–Crippen MR) is 123 cm³/mol. The Kier molecular flexibility index (Phi) is 6.65. The molecule has 0 saturated carbocycles. The van der Waals surface area contributed by atoms with E-state index in [2.05, 4.69) is 15.4 Å². The van der Waals surface area contributed by atoms with Crippen molar-refractivity contribution in [1.29, 1.82) is 0 Å². The second-order valence-electron chi connectivity index (χ2n) is 9.91. The fraction of sp³-hybridized carbons (Fsp3) is 0.542. The second-order valence-corrected chi connectivity index (χ2v) is 9.91. The smallest absolute Gasteiger partial charge is 0.266 e. The molecule has 1 aromatic carbocycles. The van der Waals surface area contributed by atoms with Crippen LogP contribution in [0.4, 0.5) is 17.6 Å². The lowest BCUT2D eigenvalue weighted by atomic mass is 9.92. The minimum absolute atomic E-state index is 0.0477. The van der Waals surface area contributed by atoms with Crippen molar-refractivity contribution >= 4 is 17.6 Å². The Labute approximate surface area is 201 Å². The molecule has 35 heavy (non-hydrogen) atoms. The van der Waals surface area contributed by atoms with Gasteiger partial charge in [0, 0.05) is 18.7 Å². The highest BCUT2D eigenvalue weighted by Crippen LogP contribution is 2.31. The summed E-state index contributed by atoms with van der Waals surface area (Å²) < 4.78 is 54.0. The summed E-state index contributed by atoms with van der Waals surface area (Å²) in [5.74, 6) is -0.760. The van der Waals surface area contributed by atoms with Gasteiger partial charge in [0.05, 0.1) is 34.9 Å². The van der Waals surface area contributed by atoms with Crippen LogP contribution < -0.4 is 5.32 Å². The summed E-state index contributed by atoms with van der Waals surface area (Å²) in [6, 6.07) is 2.81. The summed E-state index contributed by atoms with van der Waals surface area (Å²) in [6.45, 7) is 5.64. The van der Waals surface area contributed by atoms with Crippen molar-refractivity contribution in [3.8, 4) is 0 Å². The first kappa shape index (κ1) is 25.2. The molecule has 7 nitrogen and oxygen atoms in total. The number of hydrogen-bond acceptors (Lipinski definition) is 6. The van der Waals surface area contributed by atoms with Crippen molar-refractivity contribution in [2.24, 2.45) is 10.1 Å². The topological polar surface area (TPSA) is 80.5 Å². The number of nitrogens with one attached hydrogen (secondary N) is 1. The number of aliphatic hydroxyl groups is 1. The van der Waals surface area contributed by atoms with Crippen LogP contribution >= 0.6 is 0 Å². The number of rotatable bonds is 5. The van der Waals surface area contributed by atoms with E-state index in [0.29, 0.717) is 31.3 Å². The lowest BCUT2D eigenvalue weighted by Gasteiger charge is -2.38. The molecule has 1 fully saturated rings. The van der Waals surface area contributed by atoms with Gasteiger partial charge in [0.15, 0.2) is 5.84 Å². The standard InChI is InChI=1S/C24H29F4N5O2/c1-14(15-5-4-6-16(19(15)26)20(27)28)29-22(34)17-11-18(31-33-13-23(2,3)30-21(17)33)32-9-7-24(35,12-25)8-10-32/h4-6,11,14,20,35H,7-10,12-13H2,1-3H3,(H,29,34)/t14-/m1/s1. The number of amides is 1. The molecule has 1 aromatic rings. The first-order valence-electron chi connectivity index (χ1n) is 11.5. The zero-order valence-electron chi connectivity index (χ0n) is 19.9. The van der Waals surface area contributed by atoms with Gasteiger partial charge in [-0.2, -0.15) is 5.10 Å². The average molecular weight is 496 g/mol. The number of carbonyl (C=O) groups excluding carboxylic acids is 1. The van der Waals surface area contributed by atoms with E-state index in [0.717, 1.165) is 6.07 Å². The maximum absolute atomic E-state index is 14.6. The molecule has 190 valence electrons. The van der Waals surface area contributed by atoms with Crippen LogP contribution in [0.3, 0.4) is 0 Å². The van der Waals surface area contributed by atoms with Crippen molar-refractivity contribution in [1.82, 2.24) is 15.2 Å². The Bertz CT molecular complexity index is 1090. The van der Waals surface area contributed by atoms with Gasteiger partial charge >= 0.3 is 0 Å². The van der Waals surface area contributed by atoms with Crippen molar-refractivity contribution in [3.05, 3.63) is 46.8 Å². The molecule has 3 aliphatic rings. The van der Waals surface area contributed by atoms with Gasteiger partial charge in [0.1, 0.15) is 18.3 Å². The molecule has 1 atom stereocenters. The molecule has 3 aliphatic heterocycles. The number of fused-ring (bicyclic) bond motifs is 1. The van der Waals surface area contributed by atoms with E-state index in [-0.39, 0.29) is 24.0 Å². The predicted octanol–water partition coefficient (Wildman–Crippen LogP) is 3.48. The van der Waals surface area contributed by atoms with Gasteiger partial charge in [0.2, 0.25) is 0 Å². The van der Waals surface area contributed by atoms with E-state index in [9.17, 15) is 27.5 Å². The molecule has 0 unspecified atom stereocenters. The zero-order chi connectivity index (χ0) is 25.5. The lowest BCUT2D eigenvalue weighted by molar-refractivity contribution is -0.117. The van der Waals surface area contributed by atoms with Crippen LogP contribution in [0.1, 0.15) is 57.2 Å². The maximum atomic E-state index is 14.6. The Balaban J connectivity index is 1.59. The largest absolute Gasteiger partial charge is 0.387 e. The van der Waals surface area contributed by atoms with E-state index in [1.165, 1.54) is 19.1 Å². The normalized spacial score (nSPS) is 21.8. The van der Waals surface area contributed by atoms with Gasteiger partial charge < -0.3 is 15.3 Å². The number of likely N-dealkylation sites (tertiary alicyclic amines) is 1. The monoisotopic (exact) mass is 495 g/mol. The molecule has 0 aromatic heterocycles. The number of aliphatic imine (C=N–C) groups is 1. The number of piperidine rings is 1. The minimum Gasteiger partial charge on any atom is -0.387 e. The summed E-state index contributed by atoms with van der Waals surface area (Å²) >= 11 is 0. The quantitative estimate of drug-likeness (QED) is 0.613. The number of amidine groups is 2. The van der Waals surface area contributed by atoms with E-state index in [1.54, 1.807) is 11.1 Å². The van der Waals surface area contributed by atoms with Crippen LogP contribution in [-0.4, -0.2) is 70.0 Å². The van der Waals surface area contributed by atoms with Crippen molar-refractivity contribution in [2.75, 3.05) is 26.3 Å². The third-order valence-electron chi connectivity index (χ3n) is 6.55. The average Bonchev–Trinajstić information content (AvgIpc) is 3.12. The molecule has 11 heteroatoms. The van der Waals surface area contributed by atoms with E-state index >= 15 is 0 Å². The first-order chi connectivity index (χ1) is 16.4. The molecule has 0 aliphatic carbocycles. The Morgan fingerprint density at radius 1 is 1.23 bits per heavy atom. The molecule has 0 spiro atoms. The van der Waals surface area contributed by atoms with Crippen LogP contribution in [0.15, 0.2) is 39.9 Å². The van der Waals surface area contributed by atoms with Crippen LogP contribution in [0.5, 0.6) is 0 Å². The maximum Gasteiger partial charge on any atom is 0.266 e. The molecular weight excluding hydrogens is 466 g/mol. The van der Waals surface area contributed by atoms with Crippen LogP contribution in [0, 0.1) is 5.82 Å². The number of hydrazone groups is 1. The second kappa shape index (κ2) is 9.25. The number of hydrogen-bond donors (Lipinski definition) is 2. The lowest BCUT2D eigenvalue weighted by Crippen LogP contribution is -2.49. The zero-order valence-corrected chi connectivity index (χ0v) is 19.9. The first-order valence-corrected chi connectivity index (χ1v) is 11.5. The fourth-order valence-corrected chi connectivity index (χ4v) is 4.48. The van der Waals surface area contributed by atoms with E-state index < -0.39 is 47.6 Å². The third-order valence-corrected chi connectivity index (χ3v) is 6.55.